The van der Waals surface area contributed by atoms with Gasteiger partial charge in [0.15, 0.2) is 28.9 Å². The van der Waals surface area contributed by atoms with E-state index in [-0.39, 0.29) is 101 Å². The average Bonchev–Trinajstić information content (AvgIpc) is 3.73. The largest absolute Gasteiger partial charge is 0.508 e. The number of benzene rings is 2. The first kappa shape index (κ1) is 73.9. The summed E-state index contributed by atoms with van der Waals surface area (Å²) in [6, 6.07) is 15.5. The Kier molecular flexibility index (Phi) is 37.4. The second-order valence-corrected chi connectivity index (χ2v) is 23.6. The zero-order valence-electron chi connectivity index (χ0n) is 51.5. The van der Waals surface area contributed by atoms with Gasteiger partial charge in [-0.15, -0.1) is 0 Å². The third-order valence-corrected chi connectivity index (χ3v) is 11.9. The molecule has 1 heterocycles. The Labute approximate surface area is 461 Å². The molecular weight excluding hydrogens is 957 g/mol. The normalized spacial score (nSPS) is 14.0. The molecule has 0 fully saturated rings. The molecule has 0 aliphatic carbocycles. The molecule has 0 spiro atoms. The van der Waals surface area contributed by atoms with Crippen molar-refractivity contribution >= 4 is 39.8 Å². The Morgan fingerprint density at radius 2 is 0.803 bits per heavy atom. The molecule has 9 N–H and O–H groups in total. The maximum atomic E-state index is 12.4. The molecule has 3 rings (SSSR count). The standard InChI is InChI=1S/C17H24N2O.C15H23NO2.C11H23NO.C10H21NO2.C9H19NO2/c1-11(2)17(20)16(19-12(3)4)9-13-10-18-15-8-6-5-7-14(13)15;1-10(2)15(18)14(16-11(3)4)9-12-5-7-13(17)8-6-12;1-7(2)10(12-9(5)6)11(13)8(3)4;1-6(2)10(13)9(8(5)12)11-7(3)4;1-6(2)9(12)8(5-11)10-7(3)4/h5-8,10-12,16,18-19H,9H2,1-4H3;5-8,10-11,14,16-17H,9H2,1-4H3;7-10,12H,1-6H3;6-9,11-12H,1-5H3;6-8,10-11H,5H2,1-4H3. The van der Waals surface area contributed by atoms with Crippen molar-refractivity contribution in [1.82, 2.24) is 31.6 Å². The summed E-state index contributed by atoms with van der Waals surface area (Å²) in [7, 11) is 0. The smallest absolute Gasteiger partial charge is 0.154 e. The van der Waals surface area contributed by atoms with Crippen LogP contribution < -0.4 is 26.6 Å². The number of aromatic hydroxyl groups is 1. The topological polar surface area (TPSA) is 222 Å². The van der Waals surface area contributed by atoms with Gasteiger partial charge in [0.05, 0.1) is 42.9 Å². The fourth-order valence-corrected chi connectivity index (χ4v) is 8.01. The van der Waals surface area contributed by atoms with E-state index < -0.39 is 18.2 Å². The molecule has 14 nitrogen and oxygen atoms in total. The van der Waals surface area contributed by atoms with E-state index in [0.29, 0.717) is 30.2 Å². The number of carbonyl (C=O) groups is 5. The van der Waals surface area contributed by atoms with Gasteiger partial charge in [-0.05, 0) is 55.0 Å². The number of H-pyrrole nitrogens is 1. The molecule has 0 radical (unpaired) electrons. The summed E-state index contributed by atoms with van der Waals surface area (Å²) in [6.07, 6.45) is 2.79. The summed E-state index contributed by atoms with van der Waals surface area (Å²) >= 11 is 0. The number of phenols is 1. The van der Waals surface area contributed by atoms with Gasteiger partial charge in [-0.1, -0.05) is 183 Å². The molecule has 6 atom stereocenters. The second-order valence-electron chi connectivity index (χ2n) is 23.6. The first-order valence-electron chi connectivity index (χ1n) is 28.2. The minimum Gasteiger partial charge on any atom is -0.508 e. The van der Waals surface area contributed by atoms with Gasteiger partial charge in [-0.2, -0.15) is 0 Å². The first-order valence-corrected chi connectivity index (χ1v) is 28.2. The highest BCUT2D eigenvalue weighted by Gasteiger charge is 2.27. The summed E-state index contributed by atoms with van der Waals surface area (Å²) < 4.78 is 0. The highest BCUT2D eigenvalue weighted by molar-refractivity contribution is 5.89. The molecule has 0 saturated carbocycles. The van der Waals surface area contributed by atoms with Crippen molar-refractivity contribution < 1.29 is 39.3 Å². The van der Waals surface area contributed by atoms with Gasteiger partial charge in [0.2, 0.25) is 0 Å². The lowest BCUT2D eigenvalue weighted by Gasteiger charge is -2.25. The molecule has 3 aromatic rings. The van der Waals surface area contributed by atoms with Gasteiger partial charge in [-0.3, -0.25) is 24.0 Å². The Balaban J connectivity index is 0. The quantitative estimate of drug-likeness (QED) is 0.0348. The van der Waals surface area contributed by atoms with Crippen LogP contribution in [0.2, 0.25) is 0 Å². The molecule has 14 heteroatoms. The molecule has 0 aliphatic rings. The molecule has 0 amide bonds. The number of rotatable bonds is 27. The number of aliphatic hydroxyl groups is 2. The Hall–Kier alpha value is -4.15. The highest BCUT2D eigenvalue weighted by atomic mass is 16.3. The number of aliphatic hydroxyl groups excluding tert-OH is 2. The summed E-state index contributed by atoms with van der Waals surface area (Å²) in [4.78, 5) is 62.5. The Morgan fingerprint density at radius 1 is 0.447 bits per heavy atom. The minimum absolute atomic E-state index is 0.0139. The van der Waals surface area contributed by atoms with E-state index in [1.807, 2.05) is 141 Å². The lowest BCUT2D eigenvalue weighted by Crippen LogP contribution is -2.49. The predicted molar refractivity (Wildman–Crippen MR) is 317 cm³/mol. The maximum absolute atomic E-state index is 12.4. The number of phenolic OH excluding ortho intramolecular Hbond substituents is 1. The van der Waals surface area contributed by atoms with E-state index in [0.717, 1.165) is 17.5 Å². The molecule has 0 saturated heterocycles. The number of fused-ring (bicyclic) bond motifs is 1. The fraction of sp³-hybridized carbons (Fsp3) is 0.694. The number of hydrogen-bond donors (Lipinski definition) is 9. The number of para-hydroxylation sites is 1. The van der Waals surface area contributed by atoms with E-state index in [4.69, 9.17) is 5.11 Å². The third kappa shape index (κ3) is 30.7. The molecule has 6 unspecified atom stereocenters. The van der Waals surface area contributed by atoms with Crippen LogP contribution in [0.25, 0.3) is 10.9 Å². The van der Waals surface area contributed by atoms with E-state index in [9.17, 15) is 34.2 Å². The molecule has 76 heavy (non-hydrogen) atoms. The highest BCUT2D eigenvalue weighted by Crippen LogP contribution is 2.21. The summed E-state index contributed by atoms with van der Waals surface area (Å²) in [6.45, 7) is 45.0. The zero-order chi connectivity index (χ0) is 59.3. The van der Waals surface area contributed by atoms with Crippen molar-refractivity contribution in [3.8, 4) is 5.75 Å². The molecular formula is C62H110N6O8. The number of aromatic amines is 1. The molecule has 436 valence electrons. The minimum atomic E-state index is -0.628. The van der Waals surface area contributed by atoms with Gasteiger partial charge >= 0.3 is 0 Å². The van der Waals surface area contributed by atoms with Gasteiger partial charge in [0.25, 0.3) is 0 Å². The number of aromatic nitrogens is 1. The van der Waals surface area contributed by atoms with Gasteiger partial charge < -0.3 is 46.9 Å². The van der Waals surface area contributed by atoms with Crippen LogP contribution in [-0.4, -0.2) is 122 Å². The van der Waals surface area contributed by atoms with Crippen molar-refractivity contribution in [2.45, 2.75) is 239 Å². The summed E-state index contributed by atoms with van der Waals surface area (Å²) in [5, 5.41) is 44.9. The molecule has 2 aromatic carbocycles. The molecule has 0 bridgehead atoms. The Morgan fingerprint density at radius 3 is 1.17 bits per heavy atom. The van der Waals surface area contributed by atoms with Crippen LogP contribution in [0, 0.1) is 35.5 Å². The van der Waals surface area contributed by atoms with Crippen LogP contribution in [0.4, 0.5) is 0 Å². The van der Waals surface area contributed by atoms with Crippen molar-refractivity contribution in [3.05, 3.63) is 65.9 Å². The van der Waals surface area contributed by atoms with Crippen molar-refractivity contribution in [2.75, 3.05) is 6.61 Å². The number of hydrogen-bond acceptors (Lipinski definition) is 13. The maximum Gasteiger partial charge on any atom is 0.154 e. The number of ketones is 5. The van der Waals surface area contributed by atoms with Crippen molar-refractivity contribution in [1.29, 1.82) is 0 Å². The van der Waals surface area contributed by atoms with E-state index in [1.165, 1.54) is 10.9 Å². The van der Waals surface area contributed by atoms with Crippen LogP contribution in [0.3, 0.4) is 0 Å². The van der Waals surface area contributed by atoms with Gasteiger partial charge in [0.1, 0.15) is 5.75 Å². The fourth-order valence-electron chi connectivity index (χ4n) is 8.01. The van der Waals surface area contributed by atoms with Crippen LogP contribution in [0.15, 0.2) is 54.7 Å². The van der Waals surface area contributed by atoms with Crippen LogP contribution in [0.1, 0.15) is 170 Å². The van der Waals surface area contributed by atoms with E-state index in [2.05, 4.69) is 85.2 Å². The lowest BCUT2D eigenvalue weighted by molar-refractivity contribution is -0.127. The lowest BCUT2D eigenvalue weighted by atomic mass is 9.92. The predicted octanol–water partition coefficient (Wildman–Crippen LogP) is 9.59. The summed E-state index contributed by atoms with van der Waals surface area (Å²) in [5.74, 6) is 1.76. The number of carbonyl (C=O) groups excluding carboxylic acids is 5. The zero-order valence-corrected chi connectivity index (χ0v) is 51.5. The second kappa shape index (κ2) is 38.4. The third-order valence-electron chi connectivity index (χ3n) is 11.9. The number of nitrogens with one attached hydrogen (secondary N) is 6. The molecule has 0 aliphatic heterocycles. The van der Waals surface area contributed by atoms with Crippen molar-refractivity contribution in [3.63, 3.8) is 0 Å². The number of Topliss-reactive ketones (excluding diaryl/α,β-unsaturated/α-hetero) is 5. The van der Waals surface area contributed by atoms with Gasteiger partial charge in [0, 0.05) is 76.9 Å². The average molecular weight is 1070 g/mol. The van der Waals surface area contributed by atoms with E-state index in [1.54, 1.807) is 19.1 Å². The van der Waals surface area contributed by atoms with Crippen LogP contribution >= 0.6 is 0 Å². The SMILES string of the molecule is CC(C)NC(C(=O)C(C)C)C(C)C.CC(C)NC(C(=O)C(C)C)C(C)O.CC(C)NC(CO)C(=O)C(C)C.CC(C)NC(Cc1c[nH]c2ccccc12)C(=O)C(C)C.CC(C)NC(Cc1ccc(O)cc1)C(=O)C(C)C. The Bertz CT molecular complexity index is 2030. The monoisotopic (exact) mass is 1070 g/mol. The van der Waals surface area contributed by atoms with Gasteiger partial charge in [-0.25, -0.2) is 0 Å². The first-order chi connectivity index (χ1) is 35.1. The van der Waals surface area contributed by atoms with Crippen LogP contribution in [0.5, 0.6) is 5.75 Å². The summed E-state index contributed by atoms with van der Waals surface area (Å²) in [5.41, 5.74) is 3.38. The van der Waals surface area contributed by atoms with E-state index >= 15 is 0 Å². The van der Waals surface area contributed by atoms with Crippen molar-refractivity contribution in [2.24, 2.45) is 35.5 Å². The molecule has 1 aromatic heterocycles. The van der Waals surface area contributed by atoms with Crippen LogP contribution in [-0.2, 0) is 36.8 Å².